The number of anilines is 1. The lowest BCUT2D eigenvalue weighted by Gasteiger charge is -2.17. The second-order valence-corrected chi connectivity index (χ2v) is 4.34. The fraction of sp³-hybridized carbons (Fsp3) is 0.750. The van der Waals surface area contributed by atoms with Crippen molar-refractivity contribution in [2.24, 2.45) is 0 Å². The Labute approximate surface area is 104 Å². The van der Waals surface area contributed by atoms with Gasteiger partial charge in [-0.25, -0.2) is 4.98 Å². The van der Waals surface area contributed by atoms with Crippen LogP contribution in [0.5, 0.6) is 0 Å². The number of imidazole rings is 1. The molecule has 1 heterocycles. The standard InChI is InChI=1S/C12H24N4O/c1-5-15(3)8-9-16-7-6-13-12(16)14-11(2)10-17-4/h6-7,11H,5,8-10H2,1-4H3,(H,13,14). The van der Waals surface area contributed by atoms with E-state index in [2.05, 4.69) is 40.7 Å². The largest absolute Gasteiger partial charge is 0.383 e. The summed E-state index contributed by atoms with van der Waals surface area (Å²) in [7, 11) is 3.83. The van der Waals surface area contributed by atoms with Crippen molar-refractivity contribution in [2.45, 2.75) is 26.4 Å². The highest BCUT2D eigenvalue weighted by Crippen LogP contribution is 2.06. The second-order valence-electron chi connectivity index (χ2n) is 4.34. The lowest BCUT2D eigenvalue weighted by molar-refractivity contribution is 0.190. The van der Waals surface area contributed by atoms with Crippen LogP contribution in [0.25, 0.3) is 0 Å². The monoisotopic (exact) mass is 240 g/mol. The highest BCUT2D eigenvalue weighted by atomic mass is 16.5. The molecule has 0 radical (unpaired) electrons. The van der Waals surface area contributed by atoms with E-state index >= 15 is 0 Å². The average Bonchev–Trinajstić information content (AvgIpc) is 2.73. The van der Waals surface area contributed by atoms with Gasteiger partial charge in [0.2, 0.25) is 5.95 Å². The van der Waals surface area contributed by atoms with Gasteiger partial charge in [0.1, 0.15) is 0 Å². The smallest absolute Gasteiger partial charge is 0.203 e. The molecule has 98 valence electrons. The van der Waals surface area contributed by atoms with E-state index in [1.807, 2.05) is 12.4 Å². The van der Waals surface area contributed by atoms with Crippen LogP contribution in [0, 0.1) is 0 Å². The van der Waals surface area contributed by atoms with Crippen molar-refractivity contribution in [3.05, 3.63) is 12.4 Å². The van der Waals surface area contributed by atoms with E-state index in [0.29, 0.717) is 6.61 Å². The van der Waals surface area contributed by atoms with Gasteiger partial charge in [0.15, 0.2) is 0 Å². The molecule has 1 rings (SSSR count). The first-order valence-electron chi connectivity index (χ1n) is 6.12. The molecule has 1 N–H and O–H groups in total. The fourth-order valence-electron chi connectivity index (χ4n) is 1.58. The van der Waals surface area contributed by atoms with Crippen LogP contribution in [-0.2, 0) is 11.3 Å². The molecule has 0 aliphatic carbocycles. The number of likely N-dealkylation sites (N-methyl/N-ethyl adjacent to an activating group) is 1. The van der Waals surface area contributed by atoms with Crippen molar-refractivity contribution >= 4 is 5.95 Å². The average molecular weight is 240 g/mol. The van der Waals surface area contributed by atoms with Gasteiger partial charge in [-0.2, -0.15) is 0 Å². The third-order valence-corrected chi connectivity index (χ3v) is 2.77. The van der Waals surface area contributed by atoms with Crippen LogP contribution in [0.15, 0.2) is 12.4 Å². The maximum absolute atomic E-state index is 5.10. The summed E-state index contributed by atoms with van der Waals surface area (Å²) < 4.78 is 7.24. The summed E-state index contributed by atoms with van der Waals surface area (Å²) >= 11 is 0. The number of hydrogen-bond donors (Lipinski definition) is 1. The zero-order valence-electron chi connectivity index (χ0n) is 11.3. The van der Waals surface area contributed by atoms with Crippen LogP contribution in [-0.4, -0.2) is 54.3 Å². The minimum Gasteiger partial charge on any atom is -0.383 e. The number of nitrogens with one attached hydrogen (secondary N) is 1. The number of rotatable bonds is 8. The van der Waals surface area contributed by atoms with E-state index in [1.165, 1.54) is 0 Å². The van der Waals surface area contributed by atoms with Crippen LogP contribution in [0.3, 0.4) is 0 Å². The van der Waals surface area contributed by atoms with Crippen molar-refractivity contribution in [1.82, 2.24) is 14.5 Å². The van der Waals surface area contributed by atoms with Gasteiger partial charge < -0.3 is 19.5 Å². The number of hydrogen-bond acceptors (Lipinski definition) is 4. The normalized spacial score (nSPS) is 13.0. The third kappa shape index (κ3) is 4.75. The molecule has 5 nitrogen and oxygen atoms in total. The van der Waals surface area contributed by atoms with E-state index in [-0.39, 0.29) is 6.04 Å². The SMILES string of the molecule is CCN(C)CCn1ccnc1NC(C)COC. The van der Waals surface area contributed by atoms with Crippen molar-refractivity contribution in [3.8, 4) is 0 Å². The van der Waals surface area contributed by atoms with Gasteiger partial charge in [0.25, 0.3) is 0 Å². The molecule has 0 aliphatic heterocycles. The number of aromatic nitrogens is 2. The molecule has 1 atom stereocenters. The van der Waals surface area contributed by atoms with Gasteiger partial charge in [0, 0.05) is 38.6 Å². The summed E-state index contributed by atoms with van der Waals surface area (Å²) in [6.07, 6.45) is 3.83. The third-order valence-electron chi connectivity index (χ3n) is 2.77. The fourth-order valence-corrected chi connectivity index (χ4v) is 1.58. The second kappa shape index (κ2) is 7.29. The van der Waals surface area contributed by atoms with Crippen molar-refractivity contribution < 1.29 is 4.74 Å². The van der Waals surface area contributed by atoms with Crippen LogP contribution in [0.1, 0.15) is 13.8 Å². The predicted octanol–water partition coefficient (Wildman–Crippen LogP) is 1.28. The summed E-state index contributed by atoms with van der Waals surface area (Å²) in [6, 6.07) is 0.269. The van der Waals surface area contributed by atoms with Crippen LogP contribution < -0.4 is 5.32 Å². The molecule has 1 aromatic heterocycles. The Morgan fingerprint density at radius 2 is 2.35 bits per heavy atom. The quantitative estimate of drug-likeness (QED) is 0.743. The molecule has 0 aliphatic rings. The number of nitrogens with zero attached hydrogens (tertiary/aromatic N) is 3. The van der Waals surface area contributed by atoms with Gasteiger partial charge in [-0.3, -0.25) is 0 Å². The Balaban J connectivity index is 2.47. The Morgan fingerprint density at radius 3 is 3.00 bits per heavy atom. The molecule has 0 bridgehead atoms. The molecule has 17 heavy (non-hydrogen) atoms. The van der Waals surface area contributed by atoms with E-state index in [9.17, 15) is 0 Å². The maximum atomic E-state index is 5.10. The molecule has 0 fully saturated rings. The Morgan fingerprint density at radius 1 is 1.59 bits per heavy atom. The first-order chi connectivity index (χ1) is 8.17. The summed E-state index contributed by atoms with van der Waals surface area (Å²) in [5.41, 5.74) is 0. The summed E-state index contributed by atoms with van der Waals surface area (Å²) in [5, 5.41) is 3.34. The molecule has 0 saturated carbocycles. The van der Waals surface area contributed by atoms with Crippen molar-refractivity contribution in [1.29, 1.82) is 0 Å². The first-order valence-corrected chi connectivity index (χ1v) is 6.12. The van der Waals surface area contributed by atoms with Crippen LogP contribution in [0.4, 0.5) is 5.95 Å². The van der Waals surface area contributed by atoms with Gasteiger partial charge in [-0.05, 0) is 20.5 Å². The maximum Gasteiger partial charge on any atom is 0.203 e. The van der Waals surface area contributed by atoms with Crippen LogP contribution >= 0.6 is 0 Å². The lowest BCUT2D eigenvalue weighted by atomic mass is 10.4. The Kier molecular flexibility index (Phi) is 6.00. The van der Waals surface area contributed by atoms with Crippen molar-refractivity contribution in [3.63, 3.8) is 0 Å². The molecule has 5 heteroatoms. The molecule has 1 unspecified atom stereocenters. The molecular weight excluding hydrogens is 216 g/mol. The van der Waals surface area contributed by atoms with Gasteiger partial charge in [-0.15, -0.1) is 0 Å². The minimum absolute atomic E-state index is 0.269. The molecule has 0 aromatic carbocycles. The number of ether oxygens (including phenoxy) is 1. The predicted molar refractivity (Wildman–Crippen MR) is 70.4 cm³/mol. The van der Waals surface area contributed by atoms with E-state index < -0.39 is 0 Å². The Bertz CT molecular complexity index is 313. The lowest BCUT2D eigenvalue weighted by Crippen LogP contribution is -2.26. The molecule has 0 spiro atoms. The van der Waals surface area contributed by atoms with Gasteiger partial charge in [0.05, 0.1) is 6.61 Å². The van der Waals surface area contributed by atoms with Crippen molar-refractivity contribution in [2.75, 3.05) is 39.2 Å². The highest BCUT2D eigenvalue weighted by Gasteiger charge is 2.07. The molecular formula is C12H24N4O. The summed E-state index contributed by atoms with van der Waals surface area (Å²) in [5.74, 6) is 0.916. The minimum atomic E-state index is 0.269. The number of methoxy groups -OCH3 is 1. The van der Waals surface area contributed by atoms with E-state index in [4.69, 9.17) is 4.74 Å². The molecule has 1 aromatic rings. The van der Waals surface area contributed by atoms with Gasteiger partial charge in [-0.1, -0.05) is 6.92 Å². The molecule has 0 amide bonds. The Hall–Kier alpha value is -1.07. The van der Waals surface area contributed by atoms with E-state index in [0.717, 1.165) is 25.6 Å². The van der Waals surface area contributed by atoms with E-state index in [1.54, 1.807) is 7.11 Å². The molecule has 0 saturated heterocycles. The summed E-state index contributed by atoms with van der Waals surface area (Å²) in [6.45, 7) is 7.97. The topological polar surface area (TPSA) is 42.3 Å². The van der Waals surface area contributed by atoms with Crippen LogP contribution in [0.2, 0.25) is 0 Å². The summed E-state index contributed by atoms with van der Waals surface area (Å²) in [4.78, 5) is 6.60. The van der Waals surface area contributed by atoms with Gasteiger partial charge >= 0.3 is 0 Å². The zero-order valence-corrected chi connectivity index (χ0v) is 11.3. The first kappa shape index (κ1) is 14.0. The highest BCUT2D eigenvalue weighted by molar-refractivity contribution is 5.27. The zero-order chi connectivity index (χ0) is 12.7.